The van der Waals surface area contributed by atoms with E-state index in [2.05, 4.69) is 9.47 Å². The number of alkyl halides is 1. The first-order chi connectivity index (χ1) is 4.24. The standard InChI is InChI=1S/C5H7FO3/c1-3-4(2-6)9-5(7)8-3/h3-4H,2H2,1H3/t3-,4-/m0/s1. The van der Waals surface area contributed by atoms with Gasteiger partial charge in [-0.2, -0.15) is 0 Å². The van der Waals surface area contributed by atoms with Crippen molar-refractivity contribution < 1.29 is 18.7 Å². The molecule has 0 bridgehead atoms. The first-order valence-corrected chi connectivity index (χ1v) is 2.67. The molecule has 0 aliphatic carbocycles. The highest BCUT2D eigenvalue weighted by Crippen LogP contribution is 2.14. The second-order valence-electron chi connectivity index (χ2n) is 1.88. The van der Waals surface area contributed by atoms with E-state index in [-0.39, 0.29) is 0 Å². The predicted octanol–water partition coefficient (Wildman–Crippen LogP) is 0.880. The maximum atomic E-state index is 11.8. The number of halogens is 1. The molecule has 1 saturated heterocycles. The highest BCUT2D eigenvalue weighted by Gasteiger charge is 2.32. The lowest BCUT2D eigenvalue weighted by molar-refractivity contribution is 0.110. The van der Waals surface area contributed by atoms with Crippen molar-refractivity contribution in [3.8, 4) is 0 Å². The van der Waals surface area contributed by atoms with Gasteiger partial charge in [-0.3, -0.25) is 0 Å². The van der Waals surface area contributed by atoms with Crippen molar-refractivity contribution in [3.63, 3.8) is 0 Å². The van der Waals surface area contributed by atoms with E-state index in [1.807, 2.05) is 0 Å². The maximum absolute atomic E-state index is 11.8. The van der Waals surface area contributed by atoms with Crippen LogP contribution in [0.5, 0.6) is 0 Å². The number of carbonyl (C=O) groups is 1. The van der Waals surface area contributed by atoms with E-state index >= 15 is 0 Å². The van der Waals surface area contributed by atoms with Crippen molar-refractivity contribution in [2.24, 2.45) is 0 Å². The maximum Gasteiger partial charge on any atom is 0.509 e. The van der Waals surface area contributed by atoms with Gasteiger partial charge in [-0.25, -0.2) is 9.18 Å². The van der Waals surface area contributed by atoms with Crippen LogP contribution in [0.1, 0.15) is 6.92 Å². The summed E-state index contributed by atoms with van der Waals surface area (Å²) in [6, 6.07) is 0. The molecule has 2 atom stereocenters. The second kappa shape index (κ2) is 2.21. The summed E-state index contributed by atoms with van der Waals surface area (Å²) >= 11 is 0. The molecule has 0 aromatic heterocycles. The quantitative estimate of drug-likeness (QED) is 0.499. The number of carbonyl (C=O) groups excluding carboxylic acids is 1. The summed E-state index contributed by atoms with van der Waals surface area (Å²) in [6.07, 6.45) is -1.91. The Morgan fingerprint density at radius 2 is 2.33 bits per heavy atom. The van der Waals surface area contributed by atoms with Crippen LogP contribution in [0.2, 0.25) is 0 Å². The molecule has 1 aliphatic rings. The van der Waals surface area contributed by atoms with Crippen molar-refractivity contribution in [3.05, 3.63) is 0 Å². The van der Waals surface area contributed by atoms with E-state index in [1.165, 1.54) is 0 Å². The average molecular weight is 134 g/mol. The third-order valence-corrected chi connectivity index (χ3v) is 1.21. The molecule has 1 aliphatic heterocycles. The van der Waals surface area contributed by atoms with Crippen LogP contribution in [0.25, 0.3) is 0 Å². The summed E-state index contributed by atoms with van der Waals surface area (Å²) in [4.78, 5) is 10.2. The molecular weight excluding hydrogens is 127 g/mol. The molecular formula is C5H7FO3. The fourth-order valence-electron chi connectivity index (χ4n) is 0.632. The summed E-state index contributed by atoms with van der Waals surface area (Å²) in [5, 5.41) is 0. The zero-order chi connectivity index (χ0) is 6.85. The Hall–Kier alpha value is -0.800. The molecule has 0 amide bonds. The highest BCUT2D eigenvalue weighted by molar-refractivity contribution is 5.62. The summed E-state index contributed by atoms with van der Waals surface area (Å²) in [7, 11) is 0. The monoisotopic (exact) mass is 134 g/mol. The molecule has 0 aromatic rings. The minimum Gasteiger partial charge on any atom is -0.427 e. The second-order valence-corrected chi connectivity index (χ2v) is 1.88. The van der Waals surface area contributed by atoms with Gasteiger partial charge >= 0.3 is 6.16 Å². The van der Waals surface area contributed by atoms with E-state index in [9.17, 15) is 9.18 Å². The lowest BCUT2D eigenvalue weighted by Crippen LogP contribution is -2.20. The van der Waals surface area contributed by atoms with E-state index in [0.717, 1.165) is 0 Å². The zero-order valence-electron chi connectivity index (χ0n) is 4.96. The molecule has 52 valence electrons. The molecule has 1 fully saturated rings. The highest BCUT2D eigenvalue weighted by atomic mass is 19.1. The number of hydrogen-bond acceptors (Lipinski definition) is 3. The van der Waals surface area contributed by atoms with Crippen molar-refractivity contribution in [1.82, 2.24) is 0 Å². The Kier molecular flexibility index (Phi) is 1.55. The molecule has 4 heteroatoms. The van der Waals surface area contributed by atoms with Crippen molar-refractivity contribution in [2.75, 3.05) is 6.67 Å². The first-order valence-electron chi connectivity index (χ1n) is 2.67. The Balaban J connectivity index is 2.47. The average Bonchev–Trinajstić information content (AvgIpc) is 2.10. The van der Waals surface area contributed by atoms with Gasteiger partial charge < -0.3 is 9.47 Å². The minimum absolute atomic E-state index is 0.442. The molecule has 1 rings (SSSR count). The Morgan fingerprint density at radius 3 is 2.56 bits per heavy atom. The van der Waals surface area contributed by atoms with Gasteiger partial charge in [0.1, 0.15) is 12.8 Å². The van der Waals surface area contributed by atoms with Crippen LogP contribution in [0.3, 0.4) is 0 Å². The third kappa shape index (κ3) is 1.12. The molecule has 0 aromatic carbocycles. The van der Waals surface area contributed by atoms with Gasteiger partial charge in [-0.15, -0.1) is 0 Å². The fraction of sp³-hybridized carbons (Fsp3) is 0.800. The zero-order valence-corrected chi connectivity index (χ0v) is 4.96. The Morgan fingerprint density at radius 1 is 1.67 bits per heavy atom. The van der Waals surface area contributed by atoms with Gasteiger partial charge in [0.15, 0.2) is 6.10 Å². The summed E-state index contributed by atoms with van der Waals surface area (Å²) in [5.41, 5.74) is 0. The molecule has 3 nitrogen and oxygen atoms in total. The molecule has 9 heavy (non-hydrogen) atoms. The van der Waals surface area contributed by atoms with Gasteiger partial charge in [0.2, 0.25) is 0 Å². The fourth-order valence-corrected chi connectivity index (χ4v) is 0.632. The van der Waals surface area contributed by atoms with E-state index in [1.54, 1.807) is 6.92 Å². The van der Waals surface area contributed by atoms with Crippen LogP contribution in [-0.4, -0.2) is 25.0 Å². The smallest absolute Gasteiger partial charge is 0.427 e. The van der Waals surface area contributed by atoms with E-state index in [4.69, 9.17) is 0 Å². The van der Waals surface area contributed by atoms with Crippen LogP contribution in [-0.2, 0) is 9.47 Å². The minimum atomic E-state index is -0.773. The van der Waals surface area contributed by atoms with Crippen molar-refractivity contribution >= 4 is 6.16 Å². The van der Waals surface area contributed by atoms with Crippen LogP contribution >= 0.6 is 0 Å². The molecule has 0 radical (unpaired) electrons. The van der Waals surface area contributed by atoms with Crippen LogP contribution < -0.4 is 0 Å². The lowest BCUT2D eigenvalue weighted by atomic mass is 10.3. The molecule has 0 spiro atoms. The number of ether oxygens (including phenoxy) is 2. The number of cyclic esters (lactones) is 2. The molecule has 0 saturated carbocycles. The third-order valence-electron chi connectivity index (χ3n) is 1.21. The van der Waals surface area contributed by atoms with Gasteiger partial charge in [0.25, 0.3) is 0 Å². The van der Waals surface area contributed by atoms with Gasteiger partial charge in [0, 0.05) is 0 Å². The summed E-state index contributed by atoms with van der Waals surface area (Å²) in [5.74, 6) is 0. The Bertz CT molecular complexity index is 125. The lowest BCUT2D eigenvalue weighted by Gasteiger charge is -2.03. The van der Waals surface area contributed by atoms with E-state index in [0.29, 0.717) is 0 Å². The first kappa shape index (κ1) is 6.32. The van der Waals surface area contributed by atoms with Crippen LogP contribution in [0, 0.1) is 0 Å². The number of hydrogen-bond donors (Lipinski definition) is 0. The predicted molar refractivity (Wildman–Crippen MR) is 26.8 cm³/mol. The van der Waals surface area contributed by atoms with Crippen molar-refractivity contribution in [2.45, 2.75) is 19.1 Å². The molecule has 0 unspecified atom stereocenters. The van der Waals surface area contributed by atoms with Gasteiger partial charge in [0.05, 0.1) is 0 Å². The van der Waals surface area contributed by atoms with Gasteiger partial charge in [-0.1, -0.05) is 0 Å². The SMILES string of the molecule is C[C@@H]1OC(=O)O[C@H]1CF. The number of rotatable bonds is 1. The van der Waals surface area contributed by atoms with E-state index < -0.39 is 25.0 Å². The molecule has 1 heterocycles. The molecule has 0 N–H and O–H groups in total. The largest absolute Gasteiger partial charge is 0.509 e. The van der Waals surface area contributed by atoms with Crippen molar-refractivity contribution in [1.29, 1.82) is 0 Å². The summed E-state index contributed by atoms with van der Waals surface area (Å²) in [6.45, 7) is 0.919. The topological polar surface area (TPSA) is 35.5 Å². The van der Waals surface area contributed by atoms with Crippen LogP contribution in [0.15, 0.2) is 0 Å². The Labute approximate surface area is 51.7 Å². The summed E-state index contributed by atoms with van der Waals surface area (Å²) < 4.78 is 20.6. The normalized spacial score (nSPS) is 33.8. The van der Waals surface area contributed by atoms with Gasteiger partial charge in [-0.05, 0) is 6.92 Å². The van der Waals surface area contributed by atoms with Crippen LogP contribution in [0.4, 0.5) is 9.18 Å².